The van der Waals surface area contributed by atoms with Crippen molar-refractivity contribution >= 4 is 17.1 Å². The van der Waals surface area contributed by atoms with E-state index in [0.717, 1.165) is 5.56 Å². The highest BCUT2D eigenvalue weighted by Crippen LogP contribution is 2.24. The average Bonchev–Trinajstić information content (AvgIpc) is 2.94. The number of Topliss-reactive ketones (excluding diaryl/α,β-unsaturated/α-hetero) is 1. The highest BCUT2D eigenvalue weighted by molar-refractivity contribution is 7.11. The first-order valence-electron chi connectivity index (χ1n) is 6.05. The lowest BCUT2D eigenvalue weighted by Gasteiger charge is -2.10. The third kappa shape index (κ3) is 2.88. The molecule has 19 heavy (non-hydrogen) atoms. The Morgan fingerprint density at radius 1 is 1.26 bits per heavy atom. The Hall–Kier alpha value is -1.99. The third-order valence-electron chi connectivity index (χ3n) is 3.00. The molecule has 0 N–H and O–H groups in total. The molecule has 1 aromatic heterocycles. The minimum atomic E-state index is -0.748. The van der Waals surface area contributed by atoms with Gasteiger partial charge in [0.2, 0.25) is 0 Å². The summed E-state index contributed by atoms with van der Waals surface area (Å²) in [5.74, 6) is -0.490. The van der Waals surface area contributed by atoms with Crippen LogP contribution in [0.4, 0.5) is 0 Å². The van der Waals surface area contributed by atoms with E-state index in [2.05, 4.69) is 24.9 Å². The molecule has 0 aliphatic rings. The summed E-state index contributed by atoms with van der Waals surface area (Å²) in [6, 6.07) is 9.76. The van der Waals surface area contributed by atoms with Crippen molar-refractivity contribution in [3.63, 3.8) is 0 Å². The molecule has 3 nitrogen and oxygen atoms in total. The Morgan fingerprint density at radius 3 is 2.37 bits per heavy atom. The van der Waals surface area contributed by atoms with Gasteiger partial charge in [-0.1, -0.05) is 38.1 Å². The Kier molecular flexibility index (Phi) is 4.08. The van der Waals surface area contributed by atoms with Gasteiger partial charge in [0.15, 0.2) is 5.78 Å². The van der Waals surface area contributed by atoms with Crippen molar-refractivity contribution in [3.05, 3.63) is 52.0 Å². The zero-order valence-corrected chi connectivity index (χ0v) is 11.6. The molecule has 1 atom stereocenters. The van der Waals surface area contributed by atoms with E-state index in [1.54, 1.807) is 5.51 Å². The van der Waals surface area contributed by atoms with Crippen molar-refractivity contribution in [1.29, 1.82) is 5.26 Å². The van der Waals surface area contributed by atoms with Gasteiger partial charge in [-0.25, -0.2) is 0 Å². The molecule has 0 bridgehead atoms. The number of nitrogens with zero attached hydrogens (tertiary/aromatic N) is 2. The van der Waals surface area contributed by atoms with Gasteiger partial charge >= 0.3 is 0 Å². The zero-order valence-electron chi connectivity index (χ0n) is 10.8. The molecule has 0 saturated heterocycles. The second-order valence-electron chi connectivity index (χ2n) is 4.61. The van der Waals surface area contributed by atoms with Crippen molar-refractivity contribution in [1.82, 2.24) is 4.98 Å². The number of hydrogen-bond acceptors (Lipinski definition) is 4. The summed E-state index contributed by atoms with van der Waals surface area (Å²) >= 11 is 1.27. The Labute approximate surface area is 116 Å². The molecule has 0 spiro atoms. The molecule has 0 fully saturated rings. The van der Waals surface area contributed by atoms with Gasteiger partial charge in [-0.05, 0) is 17.0 Å². The summed E-state index contributed by atoms with van der Waals surface area (Å²) in [6.45, 7) is 4.22. The van der Waals surface area contributed by atoms with Gasteiger partial charge in [0.25, 0.3) is 0 Å². The predicted molar refractivity (Wildman–Crippen MR) is 75.3 cm³/mol. The second-order valence-corrected chi connectivity index (χ2v) is 5.50. The molecule has 1 aromatic carbocycles. The summed E-state index contributed by atoms with van der Waals surface area (Å²) < 4.78 is 0. The second kappa shape index (κ2) is 5.77. The Morgan fingerprint density at radius 2 is 1.89 bits per heavy atom. The van der Waals surface area contributed by atoms with Crippen LogP contribution >= 0.6 is 11.3 Å². The lowest BCUT2D eigenvalue weighted by Crippen LogP contribution is -2.10. The molecule has 0 aliphatic heterocycles. The SMILES string of the molecule is CC(C)c1ccc(C(C#N)C(=O)c2cncs2)cc1. The van der Waals surface area contributed by atoms with Crippen LogP contribution in [0.15, 0.2) is 36.0 Å². The van der Waals surface area contributed by atoms with E-state index in [-0.39, 0.29) is 5.78 Å². The number of thiazole rings is 1. The smallest absolute Gasteiger partial charge is 0.195 e. The van der Waals surface area contributed by atoms with E-state index in [9.17, 15) is 10.1 Å². The summed E-state index contributed by atoms with van der Waals surface area (Å²) in [6.07, 6.45) is 1.51. The number of carbonyl (C=O) groups is 1. The number of hydrogen-bond donors (Lipinski definition) is 0. The van der Waals surface area contributed by atoms with Crippen LogP contribution in [0.5, 0.6) is 0 Å². The number of benzene rings is 1. The van der Waals surface area contributed by atoms with E-state index in [0.29, 0.717) is 10.8 Å². The molecule has 0 saturated carbocycles. The van der Waals surface area contributed by atoms with Crippen LogP contribution in [0.1, 0.15) is 46.5 Å². The molecule has 0 aliphatic carbocycles. The topological polar surface area (TPSA) is 53.8 Å². The van der Waals surface area contributed by atoms with E-state index in [4.69, 9.17) is 0 Å². The Bertz CT molecular complexity index is 594. The molecular formula is C15H14N2OS. The number of ketones is 1. The number of carbonyl (C=O) groups excluding carboxylic acids is 1. The zero-order chi connectivity index (χ0) is 13.8. The van der Waals surface area contributed by atoms with Crippen molar-refractivity contribution in [3.8, 4) is 6.07 Å². The number of rotatable bonds is 4. The van der Waals surface area contributed by atoms with Crippen LogP contribution in [0.2, 0.25) is 0 Å². The van der Waals surface area contributed by atoms with E-state index >= 15 is 0 Å². The first-order chi connectivity index (χ1) is 9.13. The highest BCUT2D eigenvalue weighted by Gasteiger charge is 2.22. The molecule has 1 heterocycles. The maximum atomic E-state index is 12.2. The minimum absolute atomic E-state index is 0.178. The van der Waals surface area contributed by atoms with Gasteiger partial charge in [0.05, 0.1) is 16.5 Å². The van der Waals surface area contributed by atoms with Crippen LogP contribution in [-0.2, 0) is 0 Å². The lowest BCUT2D eigenvalue weighted by molar-refractivity contribution is 0.0982. The van der Waals surface area contributed by atoms with E-state index in [1.165, 1.54) is 23.1 Å². The summed E-state index contributed by atoms with van der Waals surface area (Å²) in [5.41, 5.74) is 3.54. The fourth-order valence-electron chi connectivity index (χ4n) is 1.84. The average molecular weight is 270 g/mol. The fraction of sp³-hybridized carbons (Fsp3) is 0.267. The largest absolute Gasteiger partial charge is 0.291 e. The highest BCUT2D eigenvalue weighted by atomic mass is 32.1. The molecular weight excluding hydrogens is 256 g/mol. The quantitative estimate of drug-likeness (QED) is 0.795. The van der Waals surface area contributed by atoms with Crippen molar-refractivity contribution in [2.45, 2.75) is 25.7 Å². The van der Waals surface area contributed by atoms with Gasteiger partial charge in [0, 0.05) is 6.20 Å². The molecule has 4 heteroatoms. The minimum Gasteiger partial charge on any atom is -0.291 e. The summed E-state index contributed by atoms with van der Waals surface area (Å²) in [7, 11) is 0. The third-order valence-corrected chi connectivity index (χ3v) is 3.79. The van der Waals surface area contributed by atoms with Gasteiger partial charge in [0.1, 0.15) is 5.92 Å². The first kappa shape index (κ1) is 13.4. The van der Waals surface area contributed by atoms with Gasteiger partial charge < -0.3 is 0 Å². The van der Waals surface area contributed by atoms with Crippen molar-refractivity contribution in [2.24, 2.45) is 0 Å². The molecule has 96 valence electrons. The van der Waals surface area contributed by atoms with Crippen molar-refractivity contribution in [2.75, 3.05) is 0 Å². The maximum absolute atomic E-state index is 12.2. The molecule has 0 radical (unpaired) electrons. The van der Waals surface area contributed by atoms with E-state index < -0.39 is 5.92 Å². The van der Waals surface area contributed by atoms with Crippen LogP contribution in [0, 0.1) is 11.3 Å². The Balaban J connectivity index is 2.28. The molecule has 1 unspecified atom stereocenters. The van der Waals surface area contributed by atoms with Gasteiger partial charge in [-0.3, -0.25) is 9.78 Å². The van der Waals surface area contributed by atoms with Gasteiger partial charge in [-0.2, -0.15) is 5.26 Å². The van der Waals surface area contributed by atoms with Crippen LogP contribution in [0.3, 0.4) is 0 Å². The normalized spacial score (nSPS) is 12.1. The van der Waals surface area contributed by atoms with Crippen molar-refractivity contribution < 1.29 is 4.79 Å². The summed E-state index contributed by atoms with van der Waals surface area (Å²) in [4.78, 5) is 16.6. The predicted octanol–water partition coefficient (Wildman–Crippen LogP) is 3.76. The molecule has 2 aromatic rings. The summed E-state index contributed by atoms with van der Waals surface area (Å²) in [5, 5.41) is 9.24. The van der Waals surface area contributed by atoms with Crippen LogP contribution in [-0.4, -0.2) is 10.8 Å². The number of aromatic nitrogens is 1. The monoisotopic (exact) mass is 270 g/mol. The first-order valence-corrected chi connectivity index (χ1v) is 6.93. The van der Waals surface area contributed by atoms with E-state index in [1.807, 2.05) is 24.3 Å². The number of nitriles is 1. The lowest BCUT2D eigenvalue weighted by atomic mass is 9.93. The fourth-order valence-corrected chi connectivity index (χ4v) is 2.43. The molecule has 2 rings (SSSR count). The van der Waals surface area contributed by atoms with Crippen LogP contribution in [0.25, 0.3) is 0 Å². The van der Waals surface area contributed by atoms with Gasteiger partial charge in [-0.15, -0.1) is 11.3 Å². The molecule has 0 amide bonds. The standard InChI is InChI=1S/C15H14N2OS/c1-10(2)11-3-5-12(6-4-11)13(7-16)15(18)14-8-17-9-19-14/h3-6,8-10,13H,1-2H3. The maximum Gasteiger partial charge on any atom is 0.195 e. The van der Waals surface area contributed by atoms with Crippen LogP contribution < -0.4 is 0 Å².